The first-order chi connectivity index (χ1) is 14.3. The fourth-order valence-corrected chi connectivity index (χ4v) is 4.54. The van der Waals surface area contributed by atoms with E-state index in [1.54, 1.807) is 12.1 Å². The number of ether oxygens (including phenoxy) is 1. The Hall–Kier alpha value is -2.94. The topological polar surface area (TPSA) is 112 Å². The minimum Gasteiger partial charge on any atom is -0.478 e. The molecule has 0 bridgehead atoms. The number of rotatable bonds is 9. The number of aromatic carboxylic acids is 1. The smallest absolute Gasteiger partial charge is 0.337 e. The van der Waals surface area contributed by atoms with Gasteiger partial charge in [-0.25, -0.2) is 17.2 Å². The second-order valence-corrected chi connectivity index (χ2v) is 8.78. The quantitative estimate of drug-likeness (QED) is 0.506. The molecule has 1 atom stereocenters. The van der Waals surface area contributed by atoms with Crippen molar-refractivity contribution < 1.29 is 23.1 Å². The number of hydrogen-bond acceptors (Lipinski definition) is 5. The zero-order valence-corrected chi connectivity index (χ0v) is 17.4. The summed E-state index contributed by atoms with van der Waals surface area (Å²) >= 11 is 0. The van der Waals surface area contributed by atoms with Crippen molar-refractivity contribution in [2.24, 2.45) is 5.73 Å². The summed E-state index contributed by atoms with van der Waals surface area (Å²) < 4.78 is 32.8. The third kappa shape index (κ3) is 4.79. The first-order valence-electron chi connectivity index (χ1n) is 9.44. The van der Waals surface area contributed by atoms with Gasteiger partial charge in [0.15, 0.2) is 0 Å². The SMILES string of the molecule is Cc1ccc(S(=O)(=O)n2ccc(C(=O)O)c2C(N)CCOCc2ccccc2)cc1. The molecule has 1 aromatic heterocycles. The number of nitrogens with zero attached hydrogens (tertiary/aromatic N) is 1. The first-order valence-corrected chi connectivity index (χ1v) is 10.9. The molecule has 158 valence electrons. The lowest BCUT2D eigenvalue weighted by Gasteiger charge is -2.17. The highest BCUT2D eigenvalue weighted by Gasteiger charge is 2.28. The molecule has 0 fully saturated rings. The van der Waals surface area contributed by atoms with Crippen LogP contribution in [-0.2, 0) is 21.4 Å². The predicted molar refractivity (Wildman–Crippen MR) is 113 cm³/mol. The van der Waals surface area contributed by atoms with Gasteiger partial charge in [-0.1, -0.05) is 48.0 Å². The summed E-state index contributed by atoms with van der Waals surface area (Å²) in [4.78, 5) is 11.7. The monoisotopic (exact) mass is 428 g/mol. The third-order valence-electron chi connectivity index (χ3n) is 4.73. The van der Waals surface area contributed by atoms with Crippen LogP contribution in [0.3, 0.4) is 0 Å². The molecule has 0 saturated heterocycles. The van der Waals surface area contributed by atoms with Crippen LogP contribution in [0.25, 0.3) is 0 Å². The van der Waals surface area contributed by atoms with E-state index in [0.29, 0.717) is 6.61 Å². The molecule has 3 N–H and O–H groups in total. The third-order valence-corrected chi connectivity index (χ3v) is 6.44. The summed E-state index contributed by atoms with van der Waals surface area (Å²) in [6, 6.07) is 16.4. The van der Waals surface area contributed by atoms with Crippen molar-refractivity contribution in [1.29, 1.82) is 0 Å². The number of carboxylic acid groups (broad SMARTS) is 1. The van der Waals surface area contributed by atoms with E-state index in [1.807, 2.05) is 37.3 Å². The Balaban J connectivity index is 1.81. The Kier molecular flexibility index (Phi) is 6.71. The van der Waals surface area contributed by atoms with E-state index < -0.39 is 22.0 Å². The number of nitrogens with two attached hydrogens (primary N) is 1. The molecule has 30 heavy (non-hydrogen) atoms. The number of carboxylic acids is 1. The largest absolute Gasteiger partial charge is 0.478 e. The van der Waals surface area contributed by atoms with Crippen molar-refractivity contribution in [2.45, 2.75) is 30.9 Å². The normalized spacial score (nSPS) is 12.6. The van der Waals surface area contributed by atoms with Gasteiger partial charge in [0.05, 0.1) is 22.8 Å². The molecule has 8 heteroatoms. The minimum absolute atomic E-state index is 0.0337. The second-order valence-electron chi connectivity index (χ2n) is 6.97. The van der Waals surface area contributed by atoms with E-state index in [0.717, 1.165) is 15.1 Å². The summed E-state index contributed by atoms with van der Waals surface area (Å²) in [7, 11) is -3.99. The Morgan fingerprint density at radius 3 is 2.40 bits per heavy atom. The maximum absolute atomic E-state index is 13.1. The van der Waals surface area contributed by atoms with Crippen LogP contribution in [0.2, 0.25) is 0 Å². The van der Waals surface area contributed by atoms with Crippen LogP contribution < -0.4 is 5.73 Å². The molecule has 2 aromatic carbocycles. The van der Waals surface area contributed by atoms with Gasteiger partial charge in [0.2, 0.25) is 0 Å². The van der Waals surface area contributed by atoms with Crippen LogP contribution in [0.5, 0.6) is 0 Å². The highest BCUT2D eigenvalue weighted by atomic mass is 32.2. The van der Waals surface area contributed by atoms with Crippen molar-refractivity contribution in [3.8, 4) is 0 Å². The van der Waals surface area contributed by atoms with Crippen LogP contribution in [0.4, 0.5) is 0 Å². The molecular weight excluding hydrogens is 404 g/mol. The van der Waals surface area contributed by atoms with Gasteiger partial charge in [-0.3, -0.25) is 0 Å². The molecule has 1 heterocycles. The first kappa shape index (κ1) is 21.8. The van der Waals surface area contributed by atoms with Gasteiger partial charge in [-0.05, 0) is 37.1 Å². The van der Waals surface area contributed by atoms with Gasteiger partial charge in [0.25, 0.3) is 10.0 Å². The van der Waals surface area contributed by atoms with Gasteiger partial charge in [0.1, 0.15) is 0 Å². The van der Waals surface area contributed by atoms with Crippen LogP contribution >= 0.6 is 0 Å². The van der Waals surface area contributed by atoms with E-state index in [1.165, 1.54) is 24.4 Å². The van der Waals surface area contributed by atoms with Gasteiger partial charge in [0, 0.05) is 18.8 Å². The maximum Gasteiger partial charge on any atom is 0.337 e. The molecule has 1 unspecified atom stereocenters. The predicted octanol–water partition coefficient (Wildman–Crippen LogP) is 3.34. The van der Waals surface area contributed by atoms with Crippen LogP contribution in [0.15, 0.2) is 71.8 Å². The zero-order valence-electron chi connectivity index (χ0n) is 16.6. The lowest BCUT2D eigenvalue weighted by atomic mass is 10.1. The fourth-order valence-electron chi connectivity index (χ4n) is 3.12. The Morgan fingerprint density at radius 1 is 1.10 bits per heavy atom. The van der Waals surface area contributed by atoms with Crippen molar-refractivity contribution in [3.63, 3.8) is 0 Å². The average Bonchev–Trinajstić information content (AvgIpc) is 3.19. The van der Waals surface area contributed by atoms with Crippen LogP contribution in [0, 0.1) is 6.92 Å². The molecule has 0 spiro atoms. The van der Waals surface area contributed by atoms with Crippen LogP contribution in [-0.4, -0.2) is 30.1 Å². The lowest BCUT2D eigenvalue weighted by molar-refractivity contribution is 0.0694. The molecule has 7 nitrogen and oxygen atoms in total. The van der Waals surface area contributed by atoms with Crippen molar-refractivity contribution in [3.05, 3.63) is 89.2 Å². The fraction of sp³-hybridized carbons (Fsp3) is 0.227. The standard InChI is InChI=1S/C22H24N2O5S/c1-16-7-9-18(10-8-16)30(27,28)24-13-11-19(22(25)26)21(24)20(23)12-14-29-15-17-5-3-2-4-6-17/h2-11,13,20H,12,14-15,23H2,1H3,(H,25,26). The summed E-state index contributed by atoms with van der Waals surface area (Å²) in [6.07, 6.45) is 1.50. The molecule has 0 aliphatic carbocycles. The minimum atomic E-state index is -3.99. The highest BCUT2D eigenvalue weighted by Crippen LogP contribution is 2.26. The van der Waals surface area contributed by atoms with Gasteiger partial charge in [-0.2, -0.15) is 0 Å². The maximum atomic E-state index is 13.1. The molecule has 0 saturated carbocycles. The molecule has 0 aliphatic rings. The Bertz CT molecular complexity index is 1110. The average molecular weight is 429 g/mol. The van der Waals surface area contributed by atoms with Gasteiger partial charge in [-0.15, -0.1) is 0 Å². The number of carbonyl (C=O) groups is 1. The van der Waals surface area contributed by atoms with Crippen LogP contribution in [0.1, 0.15) is 39.6 Å². The second kappa shape index (κ2) is 9.25. The molecule has 3 rings (SSSR count). The number of aromatic nitrogens is 1. The van der Waals surface area contributed by atoms with Crippen molar-refractivity contribution >= 4 is 16.0 Å². The molecule has 0 radical (unpaired) electrons. The lowest BCUT2D eigenvalue weighted by Crippen LogP contribution is -2.24. The summed E-state index contributed by atoms with van der Waals surface area (Å²) in [6.45, 7) is 2.50. The van der Waals surface area contributed by atoms with E-state index in [2.05, 4.69) is 0 Å². The summed E-state index contributed by atoms with van der Waals surface area (Å²) in [5, 5.41) is 9.53. The number of aryl methyl sites for hydroxylation is 1. The Morgan fingerprint density at radius 2 is 1.77 bits per heavy atom. The zero-order chi connectivity index (χ0) is 21.7. The number of hydrogen-bond donors (Lipinski definition) is 2. The molecule has 0 aliphatic heterocycles. The van der Waals surface area contributed by atoms with E-state index in [4.69, 9.17) is 10.5 Å². The van der Waals surface area contributed by atoms with E-state index >= 15 is 0 Å². The van der Waals surface area contributed by atoms with Crippen molar-refractivity contribution in [2.75, 3.05) is 6.61 Å². The van der Waals surface area contributed by atoms with Gasteiger partial charge < -0.3 is 15.6 Å². The number of benzene rings is 2. The van der Waals surface area contributed by atoms with E-state index in [9.17, 15) is 18.3 Å². The summed E-state index contributed by atoms with van der Waals surface area (Å²) in [5.41, 5.74) is 8.04. The van der Waals surface area contributed by atoms with Crippen molar-refractivity contribution in [1.82, 2.24) is 3.97 Å². The molecular formula is C22H24N2O5S. The summed E-state index contributed by atoms with van der Waals surface area (Å²) in [5.74, 6) is -1.23. The van der Waals surface area contributed by atoms with E-state index in [-0.39, 0.29) is 29.2 Å². The molecule has 0 amide bonds. The molecule has 3 aromatic rings. The van der Waals surface area contributed by atoms with Gasteiger partial charge >= 0.3 is 5.97 Å². The Labute approximate surface area is 175 Å². The highest BCUT2D eigenvalue weighted by molar-refractivity contribution is 7.90.